The summed E-state index contributed by atoms with van der Waals surface area (Å²) in [6.45, 7) is 5.91. The zero-order valence-electron chi connectivity index (χ0n) is 7.10. The quantitative estimate of drug-likeness (QED) is 0.683. The van der Waals surface area contributed by atoms with Crippen LogP contribution in [-0.2, 0) is 11.2 Å². The van der Waals surface area contributed by atoms with E-state index in [4.69, 9.17) is 0 Å². The van der Waals surface area contributed by atoms with Gasteiger partial charge in [0.1, 0.15) is 0 Å². The third kappa shape index (κ3) is 2.32. The van der Waals surface area contributed by atoms with Crippen molar-refractivity contribution in [3.8, 4) is 0 Å². The molecule has 0 amide bonds. The second-order valence-electron chi connectivity index (χ2n) is 2.82. The molecule has 1 nitrogen and oxygen atoms in total. The van der Waals surface area contributed by atoms with Crippen LogP contribution in [0.1, 0.15) is 21.4 Å². The Bertz CT molecular complexity index is 273. The van der Waals surface area contributed by atoms with Gasteiger partial charge in [-0.05, 0) is 0 Å². The Morgan fingerprint density at radius 3 is 2.55 bits per heavy atom. The molecule has 1 aromatic rings. The summed E-state index contributed by atoms with van der Waals surface area (Å²) in [6.07, 6.45) is 0.630. The van der Waals surface area contributed by atoms with Gasteiger partial charge in [0.05, 0.1) is 0 Å². The monoisotopic (exact) mass is 216 g/mol. The van der Waals surface area contributed by atoms with Gasteiger partial charge in [-0.3, -0.25) is 0 Å². The number of aryl methyl sites for hydroxylation is 2. The van der Waals surface area contributed by atoms with Crippen LogP contribution < -0.4 is 0 Å². The molecule has 0 atom stereocenters. The van der Waals surface area contributed by atoms with Crippen molar-refractivity contribution in [1.29, 1.82) is 0 Å². The summed E-state index contributed by atoms with van der Waals surface area (Å²) in [7, 11) is 0. The molecular weight excluding hydrogens is 203 g/mol. The average molecular weight is 215 g/mol. The van der Waals surface area contributed by atoms with Gasteiger partial charge in [0, 0.05) is 0 Å². The number of Topliss-reactive ketones (excluding diaryl/α,β-unsaturated/α-hetero) is 1. The van der Waals surface area contributed by atoms with Gasteiger partial charge < -0.3 is 0 Å². The first-order valence-corrected chi connectivity index (χ1v) is 5.36. The summed E-state index contributed by atoms with van der Waals surface area (Å²) >= 11 is 0.533. The van der Waals surface area contributed by atoms with Crippen molar-refractivity contribution < 1.29 is 4.79 Å². The Balaban J connectivity index is 2.85. The molecular formula is C9H12OSe. The van der Waals surface area contributed by atoms with Crippen LogP contribution >= 0.6 is 0 Å². The zero-order valence-corrected chi connectivity index (χ0v) is 8.81. The number of carbonyl (C=O) groups excluding carboxylic acids is 1. The van der Waals surface area contributed by atoms with E-state index in [1.165, 1.54) is 14.4 Å². The fourth-order valence-corrected chi connectivity index (χ4v) is 3.11. The Hall–Kier alpha value is -0.331. The molecule has 11 heavy (non-hydrogen) atoms. The van der Waals surface area contributed by atoms with Crippen LogP contribution in [0, 0.1) is 13.8 Å². The summed E-state index contributed by atoms with van der Waals surface area (Å²) in [4.78, 5) is 10.8. The molecule has 1 aromatic heterocycles. The van der Waals surface area contributed by atoms with E-state index in [1.54, 1.807) is 6.92 Å². The summed E-state index contributed by atoms with van der Waals surface area (Å²) in [6, 6.07) is 2.16. The molecule has 0 radical (unpaired) electrons. The van der Waals surface area contributed by atoms with Gasteiger partial charge in [-0.2, -0.15) is 0 Å². The molecule has 0 aromatic carbocycles. The summed E-state index contributed by atoms with van der Waals surface area (Å²) in [5.41, 5.74) is 1.26. The average Bonchev–Trinajstić information content (AvgIpc) is 2.09. The molecule has 0 unspecified atom stereocenters. The Labute approximate surface area is 73.2 Å². The molecule has 1 heterocycles. The van der Waals surface area contributed by atoms with Crippen molar-refractivity contribution in [3.63, 3.8) is 0 Å². The predicted molar refractivity (Wildman–Crippen MR) is 47.2 cm³/mol. The van der Waals surface area contributed by atoms with Crippen LogP contribution in [0.3, 0.4) is 0 Å². The van der Waals surface area contributed by atoms with Gasteiger partial charge in [-0.1, -0.05) is 0 Å². The summed E-state index contributed by atoms with van der Waals surface area (Å²) < 4.78 is 2.86. The summed E-state index contributed by atoms with van der Waals surface area (Å²) in [5, 5.41) is 0. The van der Waals surface area contributed by atoms with Crippen LogP contribution in [0.15, 0.2) is 6.07 Å². The third-order valence-electron chi connectivity index (χ3n) is 1.58. The number of ketones is 1. The Morgan fingerprint density at radius 1 is 1.55 bits per heavy atom. The fourth-order valence-electron chi connectivity index (χ4n) is 1.13. The molecule has 0 N–H and O–H groups in total. The normalized spacial score (nSPS) is 10.1. The first-order valence-electron chi connectivity index (χ1n) is 3.65. The first kappa shape index (κ1) is 8.76. The van der Waals surface area contributed by atoms with E-state index in [1.807, 2.05) is 0 Å². The number of rotatable bonds is 2. The molecule has 1 rings (SSSR count). The van der Waals surface area contributed by atoms with E-state index in [0.29, 0.717) is 20.9 Å². The SMILES string of the molecule is CC(=O)Cc1cc(C)[se]c1C. The minimum absolute atomic E-state index is 0.265. The molecule has 0 aliphatic carbocycles. The van der Waals surface area contributed by atoms with Crippen LogP contribution in [0.4, 0.5) is 0 Å². The van der Waals surface area contributed by atoms with E-state index in [2.05, 4.69) is 19.9 Å². The molecule has 0 fully saturated rings. The number of hydrogen-bond donors (Lipinski definition) is 0. The van der Waals surface area contributed by atoms with E-state index in [-0.39, 0.29) is 5.78 Å². The van der Waals surface area contributed by atoms with Gasteiger partial charge in [-0.15, -0.1) is 0 Å². The molecule has 2 heteroatoms. The van der Waals surface area contributed by atoms with Gasteiger partial charge >= 0.3 is 72.8 Å². The minimum atomic E-state index is 0.265. The van der Waals surface area contributed by atoms with Crippen LogP contribution in [0.25, 0.3) is 0 Å². The molecule has 0 aliphatic heterocycles. The third-order valence-corrected chi connectivity index (χ3v) is 3.70. The van der Waals surface area contributed by atoms with E-state index in [0.717, 1.165) is 0 Å². The van der Waals surface area contributed by atoms with Crippen molar-refractivity contribution in [2.24, 2.45) is 0 Å². The fraction of sp³-hybridized carbons (Fsp3) is 0.444. The van der Waals surface area contributed by atoms with Crippen molar-refractivity contribution >= 4 is 20.3 Å². The molecule has 0 spiro atoms. The molecule has 60 valence electrons. The topological polar surface area (TPSA) is 17.1 Å². The second-order valence-corrected chi connectivity index (χ2v) is 5.88. The summed E-state index contributed by atoms with van der Waals surface area (Å²) in [5.74, 6) is 0.265. The number of hydrogen-bond acceptors (Lipinski definition) is 1. The predicted octanol–water partition coefficient (Wildman–Crippen LogP) is 1.49. The second kappa shape index (κ2) is 3.38. The molecule has 0 saturated carbocycles. The molecule has 0 bridgehead atoms. The van der Waals surface area contributed by atoms with E-state index in [9.17, 15) is 4.79 Å². The van der Waals surface area contributed by atoms with Crippen molar-refractivity contribution in [3.05, 3.63) is 20.5 Å². The van der Waals surface area contributed by atoms with Crippen molar-refractivity contribution in [2.45, 2.75) is 27.2 Å². The zero-order chi connectivity index (χ0) is 8.43. The van der Waals surface area contributed by atoms with Crippen molar-refractivity contribution in [1.82, 2.24) is 0 Å². The maximum absolute atomic E-state index is 10.8. The maximum atomic E-state index is 10.8. The van der Waals surface area contributed by atoms with E-state index < -0.39 is 0 Å². The van der Waals surface area contributed by atoms with Gasteiger partial charge in [0.2, 0.25) is 0 Å². The van der Waals surface area contributed by atoms with Gasteiger partial charge in [0.15, 0.2) is 0 Å². The van der Waals surface area contributed by atoms with E-state index >= 15 is 0 Å². The van der Waals surface area contributed by atoms with Crippen LogP contribution in [0.2, 0.25) is 0 Å². The standard InChI is InChI=1S/C9H12OSe/c1-6(10)4-9-5-7(2)11-8(9)3/h5H,4H2,1-3H3. The van der Waals surface area contributed by atoms with Gasteiger partial charge in [-0.25, -0.2) is 0 Å². The van der Waals surface area contributed by atoms with Crippen LogP contribution in [0.5, 0.6) is 0 Å². The van der Waals surface area contributed by atoms with Gasteiger partial charge in [0.25, 0.3) is 0 Å². The molecule has 0 aliphatic rings. The van der Waals surface area contributed by atoms with Crippen LogP contribution in [-0.4, -0.2) is 20.3 Å². The Kier molecular flexibility index (Phi) is 2.69. The Morgan fingerprint density at radius 2 is 2.18 bits per heavy atom. The molecule has 0 saturated heterocycles. The number of carbonyl (C=O) groups is 1. The first-order chi connectivity index (χ1) is 5.09. The van der Waals surface area contributed by atoms with Crippen molar-refractivity contribution in [2.75, 3.05) is 0 Å².